The fourth-order valence-corrected chi connectivity index (χ4v) is 1.47. The third kappa shape index (κ3) is 3.60. The summed E-state index contributed by atoms with van der Waals surface area (Å²) in [4.78, 5) is 35.2. The summed E-state index contributed by atoms with van der Waals surface area (Å²) in [6.07, 6.45) is -4.96. The number of urea groups is 1. The van der Waals surface area contributed by atoms with Crippen LogP contribution in [0.25, 0.3) is 0 Å². The van der Waals surface area contributed by atoms with Crippen LogP contribution in [0.4, 0.5) is 13.6 Å². The molecule has 1 heterocycles. The van der Waals surface area contributed by atoms with E-state index < -0.39 is 49.0 Å². The molecule has 0 radical (unpaired) electrons. The number of amides is 4. The van der Waals surface area contributed by atoms with E-state index in [1.165, 1.54) is 13.8 Å². The van der Waals surface area contributed by atoms with Crippen LogP contribution < -0.4 is 10.6 Å². The van der Waals surface area contributed by atoms with Gasteiger partial charge in [0.2, 0.25) is 5.91 Å². The predicted molar refractivity (Wildman–Crippen MR) is 59.3 cm³/mol. The first-order valence-electron chi connectivity index (χ1n) is 5.52. The molecule has 0 aliphatic carbocycles. The van der Waals surface area contributed by atoms with E-state index in [0.29, 0.717) is 4.90 Å². The van der Waals surface area contributed by atoms with Crippen molar-refractivity contribution >= 4 is 17.8 Å². The highest BCUT2D eigenvalue weighted by Gasteiger charge is 2.44. The number of rotatable bonds is 5. The van der Waals surface area contributed by atoms with E-state index in [1.807, 2.05) is 5.32 Å². The van der Waals surface area contributed by atoms with Crippen molar-refractivity contribution in [1.29, 1.82) is 0 Å². The van der Waals surface area contributed by atoms with Crippen LogP contribution in [0.1, 0.15) is 13.8 Å². The first-order chi connectivity index (χ1) is 8.65. The van der Waals surface area contributed by atoms with E-state index >= 15 is 0 Å². The molecule has 1 saturated heterocycles. The second-order valence-corrected chi connectivity index (χ2v) is 4.65. The molecule has 0 aromatic rings. The molecular formula is C10H15F2N3O4. The molecule has 9 heteroatoms. The molecule has 1 unspecified atom stereocenters. The van der Waals surface area contributed by atoms with Crippen molar-refractivity contribution in [2.75, 3.05) is 13.1 Å². The van der Waals surface area contributed by atoms with Gasteiger partial charge in [-0.1, -0.05) is 0 Å². The van der Waals surface area contributed by atoms with Crippen LogP contribution in [0.3, 0.4) is 0 Å². The van der Waals surface area contributed by atoms with E-state index in [9.17, 15) is 23.2 Å². The van der Waals surface area contributed by atoms with Gasteiger partial charge in [-0.15, -0.1) is 0 Å². The summed E-state index contributed by atoms with van der Waals surface area (Å²) in [7, 11) is 0. The molecule has 0 saturated carbocycles. The van der Waals surface area contributed by atoms with Crippen molar-refractivity contribution in [1.82, 2.24) is 15.5 Å². The molecule has 1 aliphatic rings. The number of halogens is 2. The number of aliphatic hydroxyl groups excluding tert-OH is 1. The number of imide groups is 1. The Labute approximate surface area is 107 Å². The van der Waals surface area contributed by atoms with Crippen molar-refractivity contribution in [3.63, 3.8) is 0 Å². The Hall–Kier alpha value is -1.77. The number of carbonyl (C=O) groups is 3. The topological polar surface area (TPSA) is 98.7 Å². The summed E-state index contributed by atoms with van der Waals surface area (Å²) >= 11 is 0. The van der Waals surface area contributed by atoms with Gasteiger partial charge in [-0.25, -0.2) is 13.6 Å². The van der Waals surface area contributed by atoms with E-state index in [2.05, 4.69) is 5.32 Å². The van der Waals surface area contributed by atoms with Gasteiger partial charge in [0, 0.05) is 6.54 Å². The minimum atomic E-state index is -2.98. The number of nitrogens with one attached hydrogen (secondary N) is 2. The maximum atomic E-state index is 12.0. The predicted octanol–water partition coefficient (Wildman–Crippen LogP) is -0.941. The molecule has 1 fully saturated rings. The van der Waals surface area contributed by atoms with E-state index in [-0.39, 0.29) is 0 Å². The number of alkyl halides is 2. The summed E-state index contributed by atoms with van der Waals surface area (Å²) in [5, 5.41) is 13.2. The minimum absolute atomic E-state index is 0.579. The molecule has 0 aromatic carbocycles. The Morgan fingerprint density at radius 1 is 1.47 bits per heavy atom. The fourth-order valence-electron chi connectivity index (χ4n) is 1.47. The minimum Gasteiger partial charge on any atom is -0.385 e. The smallest absolute Gasteiger partial charge is 0.325 e. The summed E-state index contributed by atoms with van der Waals surface area (Å²) in [6, 6.07) is -0.723. The van der Waals surface area contributed by atoms with Crippen LogP contribution in [0.5, 0.6) is 0 Å². The Bertz CT molecular complexity index is 400. The molecule has 0 spiro atoms. The van der Waals surface area contributed by atoms with Gasteiger partial charge in [0.05, 0.1) is 0 Å². The van der Waals surface area contributed by atoms with Crippen LogP contribution >= 0.6 is 0 Å². The van der Waals surface area contributed by atoms with Gasteiger partial charge in [-0.3, -0.25) is 14.5 Å². The molecular weight excluding hydrogens is 264 g/mol. The monoisotopic (exact) mass is 279 g/mol. The lowest BCUT2D eigenvalue weighted by atomic mass is 10.1. The second kappa shape index (κ2) is 5.47. The first-order valence-corrected chi connectivity index (χ1v) is 5.52. The molecule has 0 aromatic heterocycles. The SMILES string of the molecule is CC1(C)NC(=O)N(CC(=O)NCC(O)C(F)F)C1=O. The molecule has 1 atom stereocenters. The summed E-state index contributed by atoms with van der Waals surface area (Å²) in [5.74, 6) is -1.39. The lowest BCUT2D eigenvalue weighted by molar-refractivity contribution is -0.134. The third-order valence-electron chi connectivity index (χ3n) is 2.55. The maximum Gasteiger partial charge on any atom is 0.325 e. The molecule has 4 amide bonds. The quantitative estimate of drug-likeness (QED) is 0.566. The van der Waals surface area contributed by atoms with Crippen molar-refractivity contribution in [2.45, 2.75) is 31.9 Å². The zero-order valence-electron chi connectivity index (χ0n) is 10.4. The zero-order valence-corrected chi connectivity index (χ0v) is 10.4. The van der Waals surface area contributed by atoms with Gasteiger partial charge in [0.25, 0.3) is 12.3 Å². The standard InChI is InChI=1S/C10H15F2N3O4/c1-10(2)8(18)15(9(19)14-10)4-6(17)13-3-5(16)7(11)12/h5,7,16H,3-4H2,1-2H3,(H,13,17)(H,14,19). The van der Waals surface area contributed by atoms with Crippen LogP contribution in [-0.4, -0.2) is 59.0 Å². The zero-order chi connectivity index (χ0) is 14.8. The summed E-state index contributed by atoms with van der Waals surface area (Å²) in [5.41, 5.74) is -1.10. The Balaban J connectivity index is 2.50. The van der Waals surface area contributed by atoms with Crippen molar-refractivity contribution in [3.8, 4) is 0 Å². The fraction of sp³-hybridized carbons (Fsp3) is 0.700. The van der Waals surface area contributed by atoms with Crippen LogP contribution in [0.15, 0.2) is 0 Å². The van der Waals surface area contributed by atoms with Gasteiger partial charge in [0.15, 0.2) is 0 Å². The highest BCUT2D eigenvalue weighted by Crippen LogP contribution is 2.15. The third-order valence-corrected chi connectivity index (χ3v) is 2.55. The Morgan fingerprint density at radius 2 is 2.05 bits per heavy atom. The Morgan fingerprint density at radius 3 is 2.47 bits per heavy atom. The first kappa shape index (κ1) is 15.3. The molecule has 1 rings (SSSR count). The van der Waals surface area contributed by atoms with Crippen molar-refractivity contribution in [3.05, 3.63) is 0 Å². The van der Waals surface area contributed by atoms with E-state index in [1.54, 1.807) is 0 Å². The Kier molecular flexibility index (Phi) is 4.40. The number of carbonyl (C=O) groups excluding carboxylic acids is 3. The average molecular weight is 279 g/mol. The molecule has 19 heavy (non-hydrogen) atoms. The van der Waals surface area contributed by atoms with Crippen LogP contribution in [-0.2, 0) is 9.59 Å². The average Bonchev–Trinajstić information content (AvgIpc) is 2.48. The normalized spacial score (nSPS) is 19.6. The highest BCUT2D eigenvalue weighted by molar-refractivity contribution is 6.08. The molecule has 0 bridgehead atoms. The largest absolute Gasteiger partial charge is 0.385 e. The maximum absolute atomic E-state index is 12.0. The van der Waals surface area contributed by atoms with E-state index in [0.717, 1.165) is 0 Å². The highest BCUT2D eigenvalue weighted by atomic mass is 19.3. The van der Waals surface area contributed by atoms with E-state index in [4.69, 9.17) is 5.11 Å². The van der Waals surface area contributed by atoms with Gasteiger partial charge < -0.3 is 15.7 Å². The van der Waals surface area contributed by atoms with Crippen LogP contribution in [0.2, 0.25) is 0 Å². The summed E-state index contributed by atoms with van der Waals surface area (Å²) < 4.78 is 24.0. The van der Waals surface area contributed by atoms with Gasteiger partial charge in [-0.05, 0) is 13.8 Å². The van der Waals surface area contributed by atoms with Crippen LogP contribution in [0, 0.1) is 0 Å². The molecule has 3 N–H and O–H groups in total. The molecule has 7 nitrogen and oxygen atoms in total. The number of hydrogen-bond acceptors (Lipinski definition) is 4. The number of aliphatic hydroxyl groups is 1. The van der Waals surface area contributed by atoms with Crippen molar-refractivity contribution in [2.24, 2.45) is 0 Å². The second-order valence-electron chi connectivity index (χ2n) is 4.65. The number of nitrogens with zero attached hydrogens (tertiary/aromatic N) is 1. The van der Waals surface area contributed by atoms with Gasteiger partial charge >= 0.3 is 6.03 Å². The lowest BCUT2D eigenvalue weighted by Gasteiger charge is -2.16. The summed E-state index contributed by atoms with van der Waals surface area (Å²) in [6.45, 7) is 1.73. The van der Waals surface area contributed by atoms with Gasteiger partial charge in [-0.2, -0.15) is 0 Å². The molecule has 108 valence electrons. The lowest BCUT2D eigenvalue weighted by Crippen LogP contribution is -2.45. The number of hydrogen-bond donors (Lipinski definition) is 3. The molecule has 1 aliphatic heterocycles. The van der Waals surface area contributed by atoms with Crippen molar-refractivity contribution < 1.29 is 28.3 Å². The van der Waals surface area contributed by atoms with Gasteiger partial charge in [0.1, 0.15) is 18.2 Å².